The van der Waals surface area contributed by atoms with E-state index >= 15 is 0 Å². The SMILES string of the molecule is CCCC1CCc2nc(NC(=O)C(=O)N3CCCC(n4cnc(C(N)=O)n4)C3)sc2C1. The Morgan fingerprint density at radius 2 is 2.16 bits per heavy atom. The number of rotatable bonds is 5. The molecule has 0 radical (unpaired) electrons. The van der Waals surface area contributed by atoms with Gasteiger partial charge in [0.2, 0.25) is 5.82 Å². The number of thiazole rings is 1. The first kappa shape index (κ1) is 21.4. The highest BCUT2D eigenvalue weighted by atomic mass is 32.1. The Balaban J connectivity index is 1.37. The molecule has 3 heterocycles. The van der Waals surface area contributed by atoms with Crippen LogP contribution in [-0.2, 0) is 22.4 Å². The lowest BCUT2D eigenvalue weighted by molar-refractivity contribution is -0.144. The van der Waals surface area contributed by atoms with Crippen molar-refractivity contribution in [1.29, 1.82) is 0 Å². The summed E-state index contributed by atoms with van der Waals surface area (Å²) in [4.78, 5) is 47.7. The van der Waals surface area contributed by atoms with Gasteiger partial charge >= 0.3 is 11.8 Å². The number of hydrogen-bond donors (Lipinski definition) is 2. The zero-order valence-corrected chi connectivity index (χ0v) is 18.4. The molecule has 0 saturated carbocycles. The highest BCUT2D eigenvalue weighted by Crippen LogP contribution is 2.34. The number of carbonyl (C=O) groups excluding carboxylic acids is 3. The quantitative estimate of drug-likeness (QED) is 0.670. The molecule has 166 valence electrons. The predicted octanol–water partition coefficient (Wildman–Crippen LogP) is 1.54. The molecule has 3 amide bonds. The minimum atomic E-state index is -0.700. The number of fused-ring (bicyclic) bond motifs is 1. The number of nitrogens with two attached hydrogens (primary N) is 1. The van der Waals surface area contributed by atoms with Gasteiger partial charge in [-0.25, -0.2) is 14.6 Å². The Bertz CT molecular complexity index is 985. The molecule has 1 saturated heterocycles. The molecule has 1 aliphatic carbocycles. The Morgan fingerprint density at radius 1 is 1.32 bits per heavy atom. The predicted molar refractivity (Wildman–Crippen MR) is 115 cm³/mol. The Kier molecular flexibility index (Phi) is 6.30. The number of aryl methyl sites for hydroxylation is 1. The van der Waals surface area contributed by atoms with Crippen LogP contribution in [0.3, 0.4) is 0 Å². The van der Waals surface area contributed by atoms with Crippen LogP contribution in [0.2, 0.25) is 0 Å². The first-order valence-corrected chi connectivity index (χ1v) is 11.6. The van der Waals surface area contributed by atoms with Gasteiger partial charge in [0.1, 0.15) is 6.33 Å². The van der Waals surface area contributed by atoms with Gasteiger partial charge in [-0.05, 0) is 38.0 Å². The van der Waals surface area contributed by atoms with Crippen LogP contribution < -0.4 is 11.1 Å². The maximum atomic E-state index is 12.7. The second-order valence-electron chi connectivity index (χ2n) is 8.20. The normalized spacial score (nSPS) is 20.9. The summed E-state index contributed by atoms with van der Waals surface area (Å²) in [5.41, 5.74) is 6.25. The fourth-order valence-electron chi connectivity index (χ4n) is 4.36. The molecular formula is C20H27N7O3S. The van der Waals surface area contributed by atoms with Crippen molar-refractivity contribution in [3.63, 3.8) is 0 Å². The number of piperidine rings is 1. The lowest BCUT2D eigenvalue weighted by Gasteiger charge is -2.32. The minimum Gasteiger partial charge on any atom is -0.363 e. The molecule has 2 unspecified atom stereocenters. The van der Waals surface area contributed by atoms with Crippen molar-refractivity contribution in [3.8, 4) is 0 Å². The summed E-state index contributed by atoms with van der Waals surface area (Å²) >= 11 is 1.48. The van der Waals surface area contributed by atoms with Gasteiger partial charge in [0.15, 0.2) is 5.13 Å². The monoisotopic (exact) mass is 445 g/mol. The van der Waals surface area contributed by atoms with Crippen LogP contribution in [0.4, 0.5) is 5.13 Å². The van der Waals surface area contributed by atoms with Gasteiger partial charge in [-0.15, -0.1) is 16.4 Å². The molecule has 11 heteroatoms. The van der Waals surface area contributed by atoms with Crippen molar-refractivity contribution >= 4 is 34.2 Å². The van der Waals surface area contributed by atoms with E-state index < -0.39 is 17.7 Å². The van der Waals surface area contributed by atoms with Crippen LogP contribution in [0.1, 0.15) is 66.3 Å². The Morgan fingerprint density at radius 3 is 2.90 bits per heavy atom. The van der Waals surface area contributed by atoms with Gasteiger partial charge in [0, 0.05) is 18.0 Å². The van der Waals surface area contributed by atoms with E-state index in [4.69, 9.17) is 5.73 Å². The van der Waals surface area contributed by atoms with Crippen LogP contribution in [0, 0.1) is 5.92 Å². The smallest absolute Gasteiger partial charge is 0.315 e. The third-order valence-electron chi connectivity index (χ3n) is 5.94. The first-order valence-electron chi connectivity index (χ1n) is 10.7. The summed E-state index contributed by atoms with van der Waals surface area (Å²) in [6, 6.07) is -0.159. The maximum Gasteiger partial charge on any atom is 0.315 e. The number of amides is 3. The topological polar surface area (TPSA) is 136 Å². The summed E-state index contributed by atoms with van der Waals surface area (Å²) in [5, 5.41) is 7.28. The van der Waals surface area contributed by atoms with E-state index in [2.05, 4.69) is 27.3 Å². The third kappa shape index (κ3) is 4.76. The highest BCUT2D eigenvalue weighted by molar-refractivity contribution is 7.16. The number of primary amides is 1. The van der Waals surface area contributed by atoms with Crippen LogP contribution >= 0.6 is 11.3 Å². The number of aromatic nitrogens is 4. The second-order valence-corrected chi connectivity index (χ2v) is 9.28. The van der Waals surface area contributed by atoms with Crippen molar-refractivity contribution in [1.82, 2.24) is 24.6 Å². The molecular weight excluding hydrogens is 418 g/mol. The van der Waals surface area contributed by atoms with E-state index in [-0.39, 0.29) is 11.9 Å². The van der Waals surface area contributed by atoms with E-state index in [1.54, 1.807) is 4.68 Å². The van der Waals surface area contributed by atoms with Crippen molar-refractivity contribution < 1.29 is 14.4 Å². The average molecular weight is 446 g/mol. The van der Waals surface area contributed by atoms with Gasteiger partial charge in [-0.2, -0.15) is 0 Å². The van der Waals surface area contributed by atoms with Gasteiger partial charge in [-0.3, -0.25) is 19.7 Å². The van der Waals surface area contributed by atoms with Crippen molar-refractivity contribution in [3.05, 3.63) is 22.7 Å². The molecule has 2 aliphatic rings. The molecule has 2 aromatic rings. The van der Waals surface area contributed by atoms with Crippen molar-refractivity contribution in [2.75, 3.05) is 18.4 Å². The first-order chi connectivity index (χ1) is 14.9. The fourth-order valence-corrected chi connectivity index (χ4v) is 5.48. The summed E-state index contributed by atoms with van der Waals surface area (Å²) < 4.78 is 1.54. The number of nitrogens with one attached hydrogen (secondary N) is 1. The summed E-state index contributed by atoms with van der Waals surface area (Å²) in [5.74, 6) is -1.34. The molecule has 4 rings (SSSR count). The number of anilines is 1. The molecule has 0 aromatic carbocycles. The fraction of sp³-hybridized carbons (Fsp3) is 0.600. The molecule has 1 aliphatic heterocycles. The summed E-state index contributed by atoms with van der Waals surface area (Å²) in [7, 11) is 0. The molecule has 31 heavy (non-hydrogen) atoms. The number of nitrogens with zero attached hydrogens (tertiary/aromatic N) is 5. The summed E-state index contributed by atoms with van der Waals surface area (Å²) in [6.07, 6.45) is 8.37. The molecule has 3 N–H and O–H groups in total. The van der Waals surface area contributed by atoms with Crippen molar-refractivity contribution in [2.45, 2.75) is 57.9 Å². The van der Waals surface area contributed by atoms with Gasteiger partial charge < -0.3 is 10.6 Å². The molecule has 10 nitrogen and oxygen atoms in total. The number of hydrogen-bond acceptors (Lipinski definition) is 7. The molecule has 0 spiro atoms. The van der Waals surface area contributed by atoms with Crippen molar-refractivity contribution in [2.24, 2.45) is 11.7 Å². The lowest BCUT2D eigenvalue weighted by Crippen LogP contribution is -2.45. The number of likely N-dealkylation sites (tertiary alicyclic amines) is 1. The van der Waals surface area contributed by atoms with Crippen LogP contribution in [0.25, 0.3) is 0 Å². The van der Waals surface area contributed by atoms with E-state index in [0.717, 1.165) is 37.8 Å². The van der Waals surface area contributed by atoms with Crippen LogP contribution in [0.15, 0.2) is 6.33 Å². The minimum absolute atomic E-state index is 0.0601. The van der Waals surface area contributed by atoms with Crippen LogP contribution in [-0.4, -0.2) is 55.5 Å². The van der Waals surface area contributed by atoms with Gasteiger partial charge in [0.05, 0.1) is 11.7 Å². The average Bonchev–Trinajstić information content (AvgIpc) is 3.40. The van der Waals surface area contributed by atoms with E-state index in [0.29, 0.717) is 24.1 Å². The standard InChI is InChI=1S/C20H27N7O3S/c1-2-4-12-6-7-14-15(9-12)31-20(23-14)24-18(29)19(30)26-8-3-5-13(10-26)27-11-22-17(25-27)16(21)28/h11-13H,2-10H2,1H3,(H2,21,28)(H,23,24,29). The maximum absolute atomic E-state index is 12.7. The van der Waals surface area contributed by atoms with E-state index in [9.17, 15) is 14.4 Å². The molecule has 2 atom stereocenters. The van der Waals surface area contributed by atoms with Gasteiger partial charge in [-0.1, -0.05) is 19.8 Å². The third-order valence-corrected chi connectivity index (χ3v) is 6.98. The Labute approximate surface area is 184 Å². The molecule has 2 aromatic heterocycles. The largest absolute Gasteiger partial charge is 0.363 e. The highest BCUT2D eigenvalue weighted by Gasteiger charge is 2.30. The second kappa shape index (κ2) is 9.13. The molecule has 0 bridgehead atoms. The zero-order chi connectivity index (χ0) is 22.0. The zero-order valence-electron chi connectivity index (χ0n) is 17.5. The molecule has 1 fully saturated rings. The van der Waals surface area contributed by atoms with Gasteiger partial charge in [0.25, 0.3) is 5.91 Å². The van der Waals surface area contributed by atoms with E-state index in [1.165, 1.54) is 40.3 Å². The van der Waals surface area contributed by atoms with E-state index in [1.807, 2.05) is 0 Å². The number of carbonyl (C=O) groups is 3. The lowest BCUT2D eigenvalue weighted by atomic mass is 9.88. The van der Waals surface area contributed by atoms with Crippen LogP contribution in [0.5, 0.6) is 0 Å². The summed E-state index contributed by atoms with van der Waals surface area (Å²) in [6.45, 7) is 3.01. The Hall–Kier alpha value is -2.82.